The van der Waals surface area contributed by atoms with Crippen molar-refractivity contribution in [2.75, 3.05) is 7.11 Å². The van der Waals surface area contributed by atoms with Crippen LogP contribution in [0.5, 0.6) is 5.75 Å². The van der Waals surface area contributed by atoms with Gasteiger partial charge in [-0.05, 0) is 47.5 Å². The summed E-state index contributed by atoms with van der Waals surface area (Å²) in [6, 6.07) is 9.13. The summed E-state index contributed by atoms with van der Waals surface area (Å²) in [6.07, 6.45) is -0.640. The molecule has 2 rings (SSSR count). The number of aliphatic hydroxyl groups excluding tert-OH is 1. The van der Waals surface area contributed by atoms with Crippen LogP contribution in [-0.4, -0.2) is 12.2 Å². The van der Waals surface area contributed by atoms with E-state index < -0.39 is 11.9 Å². The van der Waals surface area contributed by atoms with Gasteiger partial charge >= 0.3 is 0 Å². The summed E-state index contributed by atoms with van der Waals surface area (Å²) in [6.45, 7) is 0. The molecule has 0 aliphatic rings. The Morgan fingerprint density at radius 1 is 1.15 bits per heavy atom. The zero-order chi connectivity index (χ0) is 14.7. The van der Waals surface area contributed by atoms with Crippen LogP contribution in [0.15, 0.2) is 36.4 Å². The highest BCUT2D eigenvalue weighted by atomic mass is 35.5. The second-order valence-corrected chi connectivity index (χ2v) is 5.25. The molecule has 1 N–H and O–H groups in total. The summed E-state index contributed by atoms with van der Waals surface area (Å²) < 4.78 is 18.5. The maximum absolute atomic E-state index is 13.3. The zero-order valence-electron chi connectivity index (χ0n) is 10.7. The first kappa shape index (κ1) is 15.1. The number of ether oxygens (including phenoxy) is 1. The molecule has 20 heavy (non-hydrogen) atoms. The summed E-state index contributed by atoms with van der Waals surface area (Å²) >= 11 is 11.7. The third kappa shape index (κ3) is 3.63. The molecular formula is C15H13Cl2FO2. The van der Waals surface area contributed by atoms with Crippen LogP contribution in [-0.2, 0) is 6.42 Å². The van der Waals surface area contributed by atoms with Gasteiger partial charge in [0.05, 0.1) is 13.2 Å². The minimum Gasteiger partial charge on any atom is -0.496 e. The SMILES string of the molecule is COc1ccc(Cl)cc1CC(O)c1cc(F)cc(Cl)c1. The molecule has 0 saturated carbocycles. The van der Waals surface area contributed by atoms with Crippen molar-refractivity contribution in [3.8, 4) is 5.75 Å². The molecule has 0 radical (unpaired) electrons. The van der Waals surface area contributed by atoms with Gasteiger partial charge in [-0.25, -0.2) is 4.39 Å². The first-order valence-electron chi connectivity index (χ1n) is 5.96. The molecule has 5 heteroatoms. The molecule has 0 fully saturated rings. The van der Waals surface area contributed by atoms with Crippen molar-refractivity contribution in [2.45, 2.75) is 12.5 Å². The molecule has 0 heterocycles. The van der Waals surface area contributed by atoms with Crippen molar-refractivity contribution >= 4 is 23.2 Å². The van der Waals surface area contributed by atoms with Crippen LogP contribution in [0.1, 0.15) is 17.2 Å². The standard InChI is InChI=1S/C15H13Cl2FO2/c1-20-15-3-2-11(16)5-10(15)7-14(19)9-4-12(17)8-13(18)6-9/h2-6,8,14,19H,7H2,1H3. The lowest BCUT2D eigenvalue weighted by Crippen LogP contribution is -2.04. The number of methoxy groups -OCH3 is 1. The topological polar surface area (TPSA) is 29.5 Å². The average molecular weight is 315 g/mol. The quantitative estimate of drug-likeness (QED) is 0.905. The van der Waals surface area contributed by atoms with Crippen LogP contribution in [0, 0.1) is 5.82 Å². The molecule has 0 amide bonds. The first-order valence-corrected chi connectivity index (χ1v) is 6.71. The van der Waals surface area contributed by atoms with Crippen LogP contribution in [0.4, 0.5) is 4.39 Å². The fourth-order valence-electron chi connectivity index (χ4n) is 2.00. The monoisotopic (exact) mass is 314 g/mol. The molecule has 0 aliphatic heterocycles. The van der Waals surface area contributed by atoms with E-state index in [0.717, 1.165) is 5.56 Å². The van der Waals surface area contributed by atoms with E-state index in [1.807, 2.05) is 0 Å². The van der Waals surface area contributed by atoms with Gasteiger partial charge in [0.1, 0.15) is 11.6 Å². The van der Waals surface area contributed by atoms with Gasteiger partial charge in [0, 0.05) is 16.5 Å². The smallest absolute Gasteiger partial charge is 0.125 e. The molecular weight excluding hydrogens is 302 g/mol. The highest BCUT2D eigenvalue weighted by molar-refractivity contribution is 6.31. The summed E-state index contributed by atoms with van der Waals surface area (Å²) in [5, 5.41) is 11.0. The number of hydrogen-bond donors (Lipinski definition) is 1. The van der Waals surface area contributed by atoms with E-state index in [1.54, 1.807) is 18.2 Å². The zero-order valence-corrected chi connectivity index (χ0v) is 12.2. The Morgan fingerprint density at radius 3 is 2.55 bits per heavy atom. The van der Waals surface area contributed by atoms with Crippen molar-refractivity contribution in [1.29, 1.82) is 0 Å². The van der Waals surface area contributed by atoms with Crippen molar-refractivity contribution in [3.05, 3.63) is 63.4 Å². The molecule has 0 aliphatic carbocycles. The van der Waals surface area contributed by atoms with E-state index in [2.05, 4.69) is 0 Å². The van der Waals surface area contributed by atoms with Crippen LogP contribution in [0.3, 0.4) is 0 Å². The predicted octanol–water partition coefficient (Wildman–Crippen LogP) is 4.42. The molecule has 0 bridgehead atoms. The molecule has 0 saturated heterocycles. The molecule has 2 nitrogen and oxygen atoms in total. The van der Waals surface area contributed by atoms with Crippen molar-refractivity contribution in [3.63, 3.8) is 0 Å². The van der Waals surface area contributed by atoms with Crippen molar-refractivity contribution < 1.29 is 14.2 Å². The third-order valence-corrected chi connectivity index (χ3v) is 3.38. The molecule has 1 atom stereocenters. The van der Waals surface area contributed by atoms with E-state index in [-0.39, 0.29) is 11.4 Å². The summed E-state index contributed by atoms with van der Waals surface area (Å²) in [4.78, 5) is 0. The Balaban J connectivity index is 2.27. The maximum atomic E-state index is 13.3. The van der Waals surface area contributed by atoms with E-state index in [4.69, 9.17) is 27.9 Å². The van der Waals surface area contributed by atoms with E-state index in [1.165, 1.54) is 25.3 Å². The van der Waals surface area contributed by atoms with Crippen molar-refractivity contribution in [1.82, 2.24) is 0 Å². The Labute approximate surface area is 126 Å². The number of hydrogen-bond acceptors (Lipinski definition) is 2. The van der Waals surface area contributed by atoms with Gasteiger partial charge in [0.25, 0.3) is 0 Å². The van der Waals surface area contributed by atoms with Crippen LogP contribution >= 0.6 is 23.2 Å². The lowest BCUT2D eigenvalue weighted by atomic mass is 10.0. The highest BCUT2D eigenvalue weighted by Gasteiger charge is 2.14. The minimum absolute atomic E-state index is 0.247. The highest BCUT2D eigenvalue weighted by Crippen LogP contribution is 2.29. The van der Waals surface area contributed by atoms with Gasteiger partial charge < -0.3 is 9.84 Å². The number of rotatable bonds is 4. The second-order valence-electron chi connectivity index (χ2n) is 4.38. The molecule has 2 aromatic rings. The van der Waals surface area contributed by atoms with E-state index >= 15 is 0 Å². The molecule has 1 unspecified atom stereocenters. The Morgan fingerprint density at radius 2 is 1.90 bits per heavy atom. The third-order valence-electron chi connectivity index (χ3n) is 2.93. The van der Waals surface area contributed by atoms with Crippen LogP contribution in [0.25, 0.3) is 0 Å². The number of aliphatic hydroxyl groups is 1. The molecule has 2 aromatic carbocycles. The first-order chi connectivity index (χ1) is 9.49. The van der Waals surface area contributed by atoms with Gasteiger partial charge in [0.2, 0.25) is 0 Å². The maximum Gasteiger partial charge on any atom is 0.125 e. The van der Waals surface area contributed by atoms with Crippen LogP contribution in [0.2, 0.25) is 10.0 Å². The minimum atomic E-state index is -0.893. The fourth-order valence-corrected chi connectivity index (χ4v) is 2.43. The number of halogens is 3. The van der Waals surface area contributed by atoms with Crippen LogP contribution < -0.4 is 4.74 Å². The van der Waals surface area contributed by atoms with Gasteiger partial charge in [-0.15, -0.1) is 0 Å². The summed E-state index contributed by atoms with van der Waals surface area (Å²) in [5.41, 5.74) is 1.16. The van der Waals surface area contributed by atoms with E-state index in [0.29, 0.717) is 16.3 Å². The normalized spacial score (nSPS) is 12.2. The van der Waals surface area contributed by atoms with Gasteiger partial charge in [-0.3, -0.25) is 0 Å². The average Bonchev–Trinajstić information content (AvgIpc) is 2.37. The number of benzene rings is 2. The lowest BCUT2D eigenvalue weighted by Gasteiger charge is -2.14. The Hall–Kier alpha value is -1.29. The van der Waals surface area contributed by atoms with Gasteiger partial charge in [0.15, 0.2) is 0 Å². The Kier molecular flexibility index (Phi) is 4.86. The predicted molar refractivity (Wildman–Crippen MR) is 78.1 cm³/mol. The Bertz CT molecular complexity index is 597. The molecule has 0 aromatic heterocycles. The largest absolute Gasteiger partial charge is 0.496 e. The van der Waals surface area contributed by atoms with Gasteiger partial charge in [-0.2, -0.15) is 0 Å². The van der Waals surface area contributed by atoms with Crippen molar-refractivity contribution in [2.24, 2.45) is 0 Å². The molecule has 0 spiro atoms. The molecule has 106 valence electrons. The summed E-state index contributed by atoms with van der Waals surface area (Å²) in [7, 11) is 1.54. The fraction of sp³-hybridized carbons (Fsp3) is 0.200. The summed E-state index contributed by atoms with van der Waals surface area (Å²) in [5.74, 6) is 0.139. The lowest BCUT2D eigenvalue weighted by molar-refractivity contribution is 0.177. The second kappa shape index (κ2) is 6.44. The van der Waals surface area contributed by atoms with E-state index in [9.17, 15) is 9.50 Å². The van der Waals surface area contributed by atoms with Gasteiger partial charge in [-0.1, -0.05) is 23.2 Å².